The van der Waals surface area contributed by atoms with E-state index in [1.165, 1.54) is 32.5 Å². The van der Waals surface area contributed by atoms with Gasteiger partial charge in [-0.3, -0.25) is 9.13 Å². The molecule has 0 saturated heterocycles. The molecule has 2 heterocycles. The van der Waals surface area contributed by atoms with Gasteiger partial charge in [-0.05, 0) is 48.6 Å². The van der Waals surface area contributed by atoms with E-state index in [0.29, 0.717) is 13.2 Å². The van der Waals surface area contributed by atoms with Crippen molar-refractivity contribution in [1.82, 2.24) is 9.13 Å². The standard InChI is InChI=1S/C22H20N2O3S/c1-3-27-20(25)11-12-23-17-8-4-5-9-18(17)24(22(23)26)13-16-14-28-19-10-6-7-15(2)21(16)19/h4-12,14H,3,13H2,1-2H3/b12-11+. The molecule has 0 aliphatic carbocycles. The van der Waals surface area contributed by atoms with Crippen LogP contribution in [0.15, 0.2) is 58.7 Å². The van der Waals surface area contributed by atoms with E-state index in [-0.39, 0.29) is 5.69 Å². The van der Waals surface area contributed by atoms with Crippen molar-refractivity contribution in [2.75, 3.05) is 6.61 Å². The summed E-state index contributed by atoms with van der Waals surface area (Å²) < 4.78 is 9.38. The van der Waals surface area contributed by atoms with Crippen molar-refractivity contribution in [3.63, 3.8) is 0 Å². The van der Waals surface area contributed by atoms with E-state index in [1.807, 2.05) is 24.3 Å². The Morgan fingerprint density at radius 3 is 2.71 bits per heavy atom. The number of aromatic nitrogens is 2. The molecule has 0 aliphatic rings. The minimum Gasteiger partial charge on any atom is -0.463 e. The molecule has 0 saturated carbocycles. The van der Waals surface area contributed by atoms with Crippen molar-refractivity contribution in [2.24, 2.45) is 0 Å². The summed E-state index contributed by atoms with van der Waals surface area (Å²) in [4.78, 5) is 24.8. The van der Waals surface area contributed by atoms with Crippen LogP contribution in [-0.2, 0) is 16.1 Å². The lowest BCUT2D eigenvalue weighted by Gasteiger charge is -2.04. The van der Waals surface area contributed by atoms with E-state index in [9.17, 15) is 9.59 Å². The third-order valence-corrected chi connectivity index (χ3v) is 5.72. The molecule has 0 bridgehead atoms. The van der Waals surface area contributed by atoms with Crippen LogP contribution < -0.4 is 5.69 Å². The Morgan fingerprint density at radius 1 is 1.14 bits per heavy atom. The van der Waals surface area contributed by atoms with Gasteiger partial charge in [0, 0.05) is 22.4 Å². The first-order valence-electron chi connectivity index (χ1n) is 9.10. The van der Waals surface area contributed by atoms with Gasteiger partial charge in [-0.2, -0.15) is 0 Å². The zero-order chi connectivity index (χ0) is 19.7. The first kappa shape index (κ1) is 18.3. The molecular weight excluding hydrogens is 372 g/mol. The van der Waals surface area contributed by atoms with Gasteiger partial charge in [0.25, 0.3) is 0 Å². The van der Waals surface area contributed by atoms with Gasteiger partial charge in [0.05, 0.1) is 24.2 Å². The number of ether oxygens (including phenoxy) is 1. The van der Waals surface area contributed by atoms with Crippen molar-refractivity contribution in [2.45, 2.75) is 20.4 Å². The summed E-state index contributed by atoms with van der Waals surface area (Å²) in [6.07, 6.45) is 2.77. The van der Waals surface area contributed by atoms with Gasteiger partial charge in [-0.1, -0.05) is 24.3 Å². The van der Waals surface area contributed by atoms with Crippen LogP contribution in [0.5, 0.6) is 0 Å². The minimum atomic E-state index is -0.467. The molecule has 0 unspecified atom stereocenters. The molecule has 4 rings (SSSR count). The highest BCUT2D eigenvalue weighted by atomic mass is 32.1. The zero-order valence-electron chi connectivity index (χ0n) is 15.7. The van der Waals surface area contributed by atoms with Gasteiger partial charge in [-0.25, -0.2) is 9.59 Å². The highest BCUT2D eigenvalue weighted by molar-refractivity contribution is 7.17. The lowest BCUT2D eigenvalue weighted by molar-refractivity contribution is -0.137. The fraction of sp³-hybridized carbons (Fsp3) is 0.182. The van der Waals surface area contributed by atoms with Crippen molar-refractivity contribution in [3.8, 4) is 0 Å². The average Bonchev–Trinajstić information content (AvgIpc) is 3.21. The van der Waals surface area contributed by atoms with Crippen molar-refractivity contribution >= 4 is 44.6 Å². The van der Waals surface area contributed by atoms with Crippen LogP contribution in [0.2, 0.25) is 0 Å². The Hall–Kier alpha value is -3.12. The second kappa shape index (κ2) is 7.48. The van der Waals surface area contributed by atoms with Gasteiger partial charge < -0.3 is 4.74 Å². The fourth-order valence-electron chi connectivity index (χ4n) is 3.49. The molecule has 0 N–H and O–H groups in total. The van der Waals surface area contributed by atoms with Crippen LogP contribution in [0, 0.1) is 6.92 Å². The smallest absolute Gasteiger partial charge is 0.333 e. The number of carbonyl (C=O) groups excluding carboxylic acids is 1. The van der Waals surface area contributed by atoms with Crippen molar-refractivity contribution < 1.29 is 9.53 Å². The molecule has 4 aromatic rings. The summed E-state index contributed by atoms with van der Waals surface area (Å²) in [7, 11) is 0. The molecule has 0 fully saturated rings. The number of thiophene rings is 1. The first-order chi connectivity index (χ1) is 13.6. The van der Waals surface area contributed by atoms with Crippen LogP contribution in [0.4, 0.5) is 0 Å². The molecule has 5 nitrogen and oxygen atoms in total. The summed E-state index contributed by atoms with van der Waals surface area (Å²) in [5, 5.41) is 3.32. The molecule has 28 heavy (non-hydrogen) atoms. The lowest BCUT2D eigenvalue weighted by atomic mass is 10.1. The second-order valence-corrected chi connectivity index (χ2v) is 7.42. The first-order valence-corrected chi connectivity index (χ1v) is 9.98. The Labute approximate surface area is 166 Å². The number of carbonyl (C=O) groups is 1. The fourth-order valence-corrected chi connectivity index (χ4v) is 4.51. The number of fused-ring (bicyclic) bond motifs is 2. The zero-order valence-corrected chi connectivity index (χ0v) is 16.5. The number of imidazole rings is 1. The number of esters is 1. The summed E-state index contributed by atoms with van der Waals surface area (Å²) in [5.41, 5.74) is 3.72. The van der Waals surface area contributed by atoms with Gasteiger partial charge in [-0.15, -0.1) is 11.3 Å². The molecule has 2 aromatic heterocycles. The molecule has 0 amide bonds. The molecule has 6 heteroatoms. The van der Waals surface area contributed by atoms with E-state index < -0.39 is 5.97 Å². The number of hydrogen-bond acceptors (Lipinski definition) is 4. The molecular formula is C22H20N2O3S. The Morgan fingerprint density at radius 2 is 1.93 bits per heavy atom. The SMILES string of the molecule is CCOC(=O)/C=C/n1c(=O)n(Cc2csc3cccc(C)c23)c2ccccc21. The van der Waals surface area contributed by atoms with Crippen molar-refractivity contribution in [1.29, 1.82) is 0 Å². The number of para-hydroxylation sites is 2. The van der Waals surface area contributed by atoms with Crippen LogP contribution in [-0.4, -0.2) is 21.7 Å². The van der Waals surface area contributed by atoms with Crippen molar-refractivity contribution in [3.05, 3.63) is 75.5 Å². The third-order valence-electron chi connectivity index (χ3n) is 4.73. The summed E-state index contributed by atoms with van der Waals surface area (Å²) in [6.45, 7) is 4.61. The molecule has 2 aromatic carbocycles. The number of hydrogen-bond donors (Lipinski definition) is 0. The second-order valence-electron chi connectivity index (χ2n) is 6.50. The largest absolute Gasteiger partial charge is 0.463 e. The van der Waals surface area contributed by atoms with Crippen LogP contribution >= 0.6 is 11.3 Å². The monoisotopic (exact) mass is 392 g/mol. The topological polar surface area (TPSA) is 53.2 Å². The van der Waals surface area contributed by atoms with E-state index in [1.54, 1.807) is 22.8 Å². The van der Waals surface area contributed by atoms with E-state index in [0.717, 1.165) is 16.6 Å². The van der Waals surface area contributed by atoms with Crippen LogP contribution in [0.25, 0.3) is 27.3 Å². The Balaban J connectivity index is 1.83. The van der Waals surface area contributed by atoms with E-state index >= 15 is 0 Å². The predicted molar refractivity (Wildman–Crippen MR) is 114 cm³/mol. The Bertz CT molecular complexity index is 1260. The maximum absolute atomic E-state index is 13.1. The highest BCUT2D eigenvalue weighted by Crippen LogP contribution is 2.29. The average molecular weight is 392 g/mol. The van der Waals surface area contributed by atoms with Crippen LogP contribution in [0.3, 0.4) is 0 Å². The van der Waals surface area contributed by atoms with Gasteiger partial charge in [0.15, 0.2) is 0 Å². The maximum atomic E-state index is 13.1. The van der Waals surface area contributed by atoms with Gasteiger partial charge >= 0.3 is 11.7 Å². The van der Waals surface area contributed by atoms with E-state index in [4.69, 9.17) is 4.74 Å². The molecule has 0 spiro atoms. The molecule has 142 valence electrons. The summed E-state index contributed by atoms with van der Waals surface area (Å²) in [6, 6.07) is 13.8. The molecule has 0 radical (unpaired) electrons. The molecule has 0 atom stereocenters. The number of nitrogens with zero attached hydrogens (tertiary/aromatic N) is 2. The summed E-state index contributed by atoms with van der Waals surface area (Å²) >= 11 is 1.69. The minimum absolute atomic E-state index is 0.185. The van der Waals surface area contributed by atoms with E-state index in [2.05, 4.69) is 30.5 Å². The Kier molecular flexibility index (Phi) is 4.88. The number of rotatable bonds is 5. The maximum Gasteiger partial charge on any atom is 0.333 e. The van der Waals surface area contributed by atoms with Gasteiger partial charge in [0.1, 0.15) is 0 Å². The van der Waals surface area contributed by atoms with Crippen LogP contribution in [0.1, 0.15) is 18.1 Å². The summed E-state index contributed by atoms with van der Waals surface area (Å²) in [5.74, 6) is -0.467. The molecule has 0 aliphatic heterocycles. The number of aryl methyl sites for hydroxylation is 1. The number of benzene rings is 2. The predicted octanol–water partition coefficient (Wildman–Crippen LogP) is 4.41. The lowest BCUT2D eigenvalue weighted by Crippen LogP contribution is -2.22. The highest BCUT2D eigenvalue weighted by Gasteiger charge is 2.14. The third kappa shape index (κ3) is 3.16. The normalized spacial score (nSPS) is 11.6. The van der Waals surface area contributed by atoms with Gasteiger partial charge in [0.2, 0.25) is 0 Å². The quantitative estimate of drug-likeness (QED) is 0.373.